The first-order chi connectivity index (χ1) is 22.8. The van der Waals surface area contributed by atoms with E-state index in [1.54, 1.807) is 0 Å². The molecule has 2 saturated heterocycles. The normalized spacial score (nSPS) is 20.0. The predicted octanol–water partition coefficient (Wildman–Crippen LogP) is 5.73. The second-order valence-corrected chi connectivity index (χ2v) is 13.8. The summed E-state index contributed by atoms with van der Waals surface area (Å²) < 4.78 is 2.13. The first kappa shape index (κ1) is 31.4. The van der Waals surface area contributed by atoms with Gasteiger partial charge in [0.2, 0.25) is 5.91 Å². The van der Waals surface area contributed by atoms with Gasteiger partial charge in [-0.25, -0.2) is 4.98 Å². The molecule has 0 radical (unpaired) electrons. The number of carbonyl (C=O) groups excluding carboxylic acids is 2. The SMILES string of the molecule is CC[C@H](C)C1C(=O)Nc2ccc(N3CCN(Cc4ccccc4)CC3)cc2-c2nc3cc(C(=O)N(C)C4CCN(C)CC4)ccc3n21. The van der Waals surface area contributed by atoms with Crippen molar-refractivity contribution in [1.82, 2.24) is 24.3 Å². The minimum absolute atomic E-state index is 0.0231. The largest absolute Gasteiger partial charge is 0.369 e. The zero-order chi connectivity index (χ0) is 32.7. The number of hydrogen-bond acceptors (Lipinski definition) is 6. The van der Waals surface area contributed by atoms with Crippen molar-refractivity contribution in [2.45, 2.75) is 51.7 Å². The molecule has 1 N–H and O–H groups in total. The van der Waals surface area contributed by atoms with Crippen LogP contribution in [-0.4, -0.2) is 95.5 Å². The Morgan fingerprint density at radius 3 is 2.45 bits per heavy atom. The highest BCUT2D eigenvalue weighted by Crippen LogP contribution is 2.41. The number of amides is 2. The third-order valence-electron chi connectivity index (χ3n) is 10.7. The Bertz CT molecular complexity index is 1750. The van der Waals surface area contributed by atoms with Crippen LogP contribution < -0.4 is 10.2 Å². The van der Waals surface area contributed by atoms with Crippen molar-refractivity contribution in [3.63, 3.8) is 0 Å². The highest BCUT2D eigenvalue weighted by Gasteiger charge is 2.35. The average Bonchev–Trinajstić information content (AvgIpc) is 3.41. The van der Waals surface area contributed by atoms with Gasteiger partial charge in [-0.15, -0.1) is 0 Å². The summed E-state index contributed by atoms with van der Waals surface area (Å²) in [6.07, 6.45) is 2.81. The number of nitrogens with one attached hydrogen (secondary N) is 1. The summed E-state index contributed by atoms with van der Waals surface area (Å²) >= 11 is 0. The summed E-state index contributed by atoms with van der Waals surface area (Å²) in [5, 5.41) is 3.24. The zero-order valence-corrected chi connectivity index (χ0v) is 28.2. The van der Waals surface area contributed by atoms with E-state index in [0.29, 0.717) is 5.56 Å². The Morgan fingerprint density at radius 1 is 0.979 bits per heavy atom. The van der Waals surface area contributed by atoms with Crippen molar-refractivity contribution >= 4 is 34.2 Å². The van der Waals surface area contributed by atoms with Crippen molar-refractivity contribution in [3.05, 3.63) is 77.9 Å². The third-order valence-corrected chi connectivity index (χ3v) is 10.7. The van der Waals surface area contributed by atoms with Gasteiger partial charge in [0.05, 0.1) is 16.7 Å². The Kier molecular flexibility index (Phi) is 8.77. The van der Waals surface area contributed by atoms with Crippen LogP contribution in [0, 0.1) is 5.92 Å². The molecule has 0 bridgehead atoms. The number of anilines is 2. The molecule has 2 fully saturated rings. The fraction of sp³-hybridized carbons (Fsp3) is 0.447. The quantitative estimate of drug-likeness (QED) is 0.280. The highest BCUT2D eigenvalue weighted by atomic mass is 16.2. The van der Waals surface area contributed by atoms with Gasteiger partial charge in [-0.05, 0) is 80.9 Å². The molecule has 1 unspecified atom stereocenters. The molecular formula is C38H47N7O2. The fourth-order valence-corrected chi connectivity index (χ4v) is 7.54. The van der Waals surface area contributed by atoms with Gasteiger partial charge in [-0.3, -0.25) is 14.5 Å². The molecule has 0 aliphatic carbocycles. The third kappa shape index (κ3) is 6.14. The van der Waals surface area contributed by atoms with Crippen LogP contribution in [0.4, 0.5) is 11.4 Å². The van der Waals surface area contributed by atoms with Crippen LogP contribution >= 0.6 is 0 Å². The summed E-state index contributed by atoms with van der Waals surface area (Å²) in [4.78, 5) is 41.9. The molecule has 246 valence electrons. The Hall–Kier alpha value is -4.21. The number of nitrogens with zero attached hydrogens (tertiary/aromatic N) is 6. The maximum absolute atomic E-state index is 13.9. The zero-order valence-electron chi connectivity index (χ0n) is 28.2. The molecule has 47 heavy (non-hydrogen) atoms. The van der Waals surface area contributed by atoms with Crippen LogP contribution in [-0.2, 0) is 11.3 Å². The molecular weight excluding hydrogens is 586 g/mol. The van der Waals surface area contributed by atoms with E-state index in [0.717, 1.165) is 98.9 Å². The smallest absolute Gasteiger partial charge is 0.253 e. The molecule has 1 aromatic heterocycles. The number of piperazine rings is 1. The standard InChI is InChI=1S/C38H47N7O2/c1-5-26(2)35-37(46)40-32-13-12-30(44-21-19-43(20-22-44)25-27-9-7-6-8-10-27)24-31(32)36-39-33-23-28(11-14-34(33)45(35)36)38(47)42(4)29-15-17-41(3)18-16-29/h6-14,23-24,26,29,35H,5,15-22,25H2,1-4H3,(H,40,46)/t26-,35?/m0/s1. The molecule has 2 atom stereocenters. The number of imidazole rings is 1. The minimum atomic E-state index is -0.416. The van der Waals surface area contributed by atoms with Crippen LogP contribution in [0.2, 0.25) is 0 Å². The van der Waals surface area contributed by atoms with E-state index in [2.05, 4.69) is 87.9 Å². The second-order valence-electron chi connectivity index (χ2n) is 13.8. The summed E-state index contributed by atoms with van der Waals surface area (Å²) in [5.74, 6) is 0.865. The summed E-state index contributed by atoms with van der Waals surface area (Å²) in [6.45, 7) is 11.0. The number of piperidine rings is 1. The number of rotatable bonds is 7. The van der Waals surface area contributed by atoms with Crippen LogP contribution in [0.3, 0.4) is 0 Å². The Morgan fingerprint density at radius 2 is 1.72 bits per heavy atom. The van der Waals surface area contributed by atoms with Crippen LogP contribution in [0.15, 0.2) is 66.7 Å². The van der Waals surface area contributed by atoms with Crippen LogP contribution in [0.25, 0.3) is 22.4 Å². The molecule has 3 aliphatic rings. The van der Waals surface area contributed by atoms with E-state index >= 15 is 0 Å². The van der Waals surface area contributed by atoms with Gasteiger partial charge < -0.3 is 24.6 Å². The van der Waals surface area contributed by atoms with Gasteiger partial charge in [0, 0.05) is 62.6 Å². The lowest BCUT2D eigenvalue weighted by Gasteiger charge is -2.36. The van der Waals surface area contributed by atoms with Crippen LogP contribution in [0.1, 0.15) is 55.1 Å². The van der Waals surface area contributed by atoms with E-state index in [9.17, 15) is 9.59 Å². The van der Waals surface area contributed by atoms with E-state index in [-0.39, 0.29) is 23.8 Å². The van der Waals surface area contributed by atoms with Gasteiger partial charge >= 0.3 is 0 Å². The molecule has 9 heteroatoms. The first-order valence-corrected chi connectivity index (χ1v) is 17.2. The van der Waals surface area contributed by atoms with E-state index in [1.165, 1.54) is 5.56 Å². The van der Waals surface area contributed by atoms with Crippen molar-refractivity contribution in [1.29, 1.82) is 0 Å². The Labute approximate surface area is 278 Å². The molecule has 3 aromatic carbocycles. The number of benzene rings is 3. The molecule has 2 amide bonds. The topological polar surface area (TPSA) is 76.9 Å². The number of fused-ring (bicyclic) bond motifs is 5. The molecule has 9 nitrogen and oxygen atoms in total. The second kappa shape index (κ2) is 13.1. The number of aromatic nitrogens is 2. The van der Waals surface area contributed by atoms with Crippen molar-refractivity contribution in [3.8, 4) is 11.4 Å². The van der Waals surface area contributed by atoms with E-state index in [1.807, 2.05) is 36.2 Å². The lowest BCUT2D eigenvalue weighted by Crippen LogP contribution is -2.45. The maximum atomic E-state index is 13.9. The molecule has 0 spiro atoms. The number of likely N-dealkylation sites (tertiary alicyclic amines) is 1. The first-order valence-electron chi connectivity index (χ1n) is 17.2. The number of carbonyl (C=O) groups is 2. The van der Waals surface area contributed by atoms with Crippen molar-refractivity contribution in [2.75, 3.05) is 63.6 Å². The van der Waals surface area contributed by atoms with Gasteiger partial charge in [-0.1, -0.05) is 50.6 Å². The molecule has 0 saturated carbocycles. The van der Waals surface area contributed by atoms with Gasteiger partial charge in [0.15, 0.2) is 0 Å². The van der Waals surface area contributed by atoms with Gasteiger partial charge in [0.1, 0.15) is 11.9 Å². The lowest BCUT2D eigenvalue weighted by atomic mass is 9.97. The minimum Gasteiger partial charge on any atom is -0.369 e. The monoisotopic (exact) mass is 633 g/mol. The van der Waals surface area contributed by atoms with E-state index < -0.39 is 6.04 Å². The molecule has 4 aromatic rings. The van der Waals surface area contributed by atoms with E-state index in [4.69, 9.17) is 4.98 Å². The summed E-state index contributed by atoms with van der Waals surface area (Å²) in [6, 6.07) is 22.7. The van der Waals surface area contributed by atoms with Gasteiger partial charge in [0.25, 0.3) is 5.91 Å². The molecule has 7 rings (SSSR count). The fourth-order valence-electron chi connectivity index (χ4n) is 7.54. The molecule has 3 aliphatic heterocycles. The van der Waals surface area contributed by atoms with Gasteiger partial charge in [-0.2, -0.15) is 0 Å². The highest BCUT2D eigenvalue weighted by molar-refractivity contribution is 6.03. The Balaban J connectivity index is 1.21. The van der Waals surface area contributed by atoms with Crippen molar-refractivity contribution < 1.29 is 9.59 Å². The lowest BCUT2D eigenvalue weighted by molar-refractivity contribution is -0.120. The maximum Gasteiger partial charge on any atom is 0.253 e. The molecule has 4 heterocycles. The summed E-state index contributed by atoms with van der Waals surface area (Å²) in [7, 11) is 4.06. The number of hydrogen-bond donors (Lipinski definition) is 1. The average molecular weight is 634 g/mol. The van der Waals surface area contributed by atoms with Crippen molar-refractivity contribution in [2.24, 2.45) is 5.92 Å². The van der Waals surface area contributed by atoms with Crippen LogP contribution in [0.5, 0.6) is 0 Å². The summed E-state index contributed by atoms with van der Waals surface area (Å²) in [5.41, 5.74) is 6.44. The predicted molar refractivity (Wildman–Crippen MR) is 189 cm³/mol.